The van der Waals surface area contributed by atoms with E-state index in [1.54, 1.807) is 35.2 Å². The summed E-state index contributed by atoms with van der Waals surface area (Å²) in [5.41, 5.74) is 2.11. The number of carbonyl (C=O) groups excluding carboxylic acids is 2. The molecule has 3 rings (SSSR count). The van der Waals surface area contributed by atoms with Gasteiger partial charge in [0.1, 0.15) is 11.8 Å². The number of nitrogens with one attached hydrogen (secondary N) is 1. The van der Waals surface area contributed by atoms with Gasteiger partial charge in [-0.05, 0) is 54.8 Å². The van der Waals surface area contributed by atoms with Crippen LogP contribution >= 0.6 is 11.6 Å². The van der Waals surface area contributed by atoms with Gasteiger partial charge in [0.2, 0.25) is 21.8 Å². The van der Waals surface area contributed by atoms with Crippen molar-refractivity contribution in [2.45, 2.75) is 38.8 Å². The number of nitrogens with zero attached hydrogens (tertiary/aromatic N) is 2. The lowest BCUT2D eigenvalue weighted by Gasteiger charge is -2.32. The van der Waals surface area contributed by atoms with Gasteiger partial charge in [-0.2, -0.15) is 0 Å². The summed E-state index contributed by atoms with van der Waals surface area (Å²) in [5.74, 6) is 0.0791. The van der Waals surface area contributed by atoms with Crippen molar-refractivity contribution in [3.63, 3.8) is 0 Å². The molecule has 0 aliphatic heterocycles. The highest BCUT2D eigenvalue weighted by Crippen LogP contribution is 2.24. The summed E-state index contributed by atoms with van der Waals surface area (Å²) in [5, 5.41) is 3.36. The molecule has 0 aromatic heterocycles. The smallest absolute Gasteiger partial charge is 0.243 e. The van der Waals surface area contributed by atoms with E-state index in [1.807, 2.05) is 55.5 Å². The third-order valence-electron chi connectivity index (χ3n) is 6.43. The van der Waals surface area contributed by atoms with Gasteiger partial charge in [-0.3, -0.25) is 13.9 Å². The Labute approximate surface area is 241 Å². The maximum absolute atomic E-state index is 13.8. The third-order valence-corrected chi connectivity index (χ3v) is 8.00. The molecule has 0 spiro atoms. The maximum Gasteiger partial charge on any atom is 0.243 e. The van der Waals surface area contributed by atoms with E-state index in [2.05, 4.69) is 5.32 Å². The Morgan fingerprint density at radius 2 is 1.62 bits per heavy atom. The summed E-state index contributed by atoms with van der Waals surface area (Å²) >= 11 is 6.44. The van der Waals surface area contributed by atoms with Crippen LogP contribution in [0.3, 0.4) is 0 Å². The van der Waals surface area contributed by atoms with Crippen molar-refractivity contribution >= 4 is 39.1 Å². The number of methoxy groups -OCH3 is 1. The molecule has 3 aromatic carbocycles. The Morgan fingerprint density at radius 3 is 2.23 bits per heavy atom. The standard InChI is InChI=1S/C30H36ClN3O5S/c1-4-32-30(36)28(21-23-11-6-5-7-12-23)33(22-24-13-8-9-14-27(24)31)29(35)15-10-20-34(40(3,37)38)25-16-18-26(39-2)19-17-25/h5-9,11-14,16-19,28H,4,10,15,20-22H2,1-3H3,(H,32,36)/t28-/m0/s1. The Balaban J connectivity index is 1.86. The molecule has 8 nitrogen and oxygen atoms in total. The first-order valence-corrected chi connectivity index (χ1v) is 15.3. The number of likely N-dealkylation sites (N-methyl/N-ethyl adjacent to an activating group) is 1. The second kappa shape index (κ2) is 14.7. The summed E-state index contributed by atoms with van der Waals surface area (Å²) in [6.07, 6.45) is 1.75. The number of hydrogen-bond acceptors (Lipinski definition) is 5. The van der Waals surface area contributed by atoms with Gasteiger partial charge in [-0.15, -0.1) is 0 Å². The summed E-state index contributed by atoms with van der Waals surface area (Å²) in [6.45, 7) is 2.49. The molecule has 40 heavy (non-hydrogen) atoms. The highest BCUT2D eigenvalue weighted by molar-refractivity contribution is 7.92. The van der Waals surface area contributed by atoms with E-state index in [1.165, 1.54) is 11.4 Å². The second-order valence-corrected chi connectivity index (χ2v) is 11.7. The Hall–Kier alpha value is -3.56. The molecule has 0 fully saturated rings. The number of anilines is 1. The van der Waals surface area contributed by atoms with E-state index in [-0.39, 0.29) is 37.7 Å². The second-order valence-electron chi connectivity index (χ2n) is 9.35. The first kappa shape index (κ1) is 31.0. The van der Waals surface area contributed by atoms with Gasteiger partial charge in [0.05, 0.1) is 19.1 Å². The topological polar surface area (TPSA) is 96.0 Å². The molecule has 214 valence electrons. The van der Waals surface area contributed by atoms with Crippen LogP contribution < -0.4 is 14.4 Å². The van der Waals surface area contributed by atoms with Gasteiger partial charge in [0.25, 0.3) is 0 Å². The van der Waals surface area contributed by atoms with Crippen LogP contribution in [0.5, 0.6) is 5.75 Å². The minimum Gasteiger partial charge on any atom is -0.497 e. The number of amides is 2. The molecule has 3 aromatic rings. The van der Waals surface area contributed by atoms with Crippen LogP contribution in [0.4, 0.5) is 5.69 Å². The van der Waals surface area contributed by atoms with E-state index in [4.69, 9.17) is 16.3 Å². The Bertz CT molecular complexity index is 1370. The normalized spacial score (nSPS) is 11.9. The summed E-state index contributed by atoms with van der Waals surface area (Å²) in [6, 6.07) is 22.7. The minimum absolute atomic E-state index is 0.0390. The van der Waals surface area contributed by atoms with Crippen molar-refractivity contribution in [1.82, 2.24) is 10.2 Å². The van der Waals surface area contributed by atoms with Gasteiger partial charge in [-0.25, -0.2) is 8.42 Å². The predicted molar refractivity (Wildman–Crippen MR) is 159 cm³/mol. The molecular weight excluding hydrogens is 550 g/mol. The number of benzene rings is 3. The number of halogens is 1. The highest BCUT2D eigenvalue weighted by atomic mass is 35.5. The summed E-state index contributed by atoms with van der Waals surface area (Å²) < 4.78 is 31.6. The fraction of sp³-hybridized carbons (Fsp3) is 0.333. The van der Waals surface area contributed by atoms with Gasteiger partial charge < -0.3 is 15.0 Å². The molecule has 1 N–H and O–H groups in total. The van der Waals surface area contributed by atoms with Gasteiger partial charge in [-0.1, -0.05) is 60.1 Å². The number of carbonyl (C=O) groups is 2. The maximum atomic E-state index is 13.8. The van der Waals surface area contributed by atoms with E-state index in [0.717, 1.165) is 17.4 Å². The molecule has 0 saturated carbocycles. The van der Waals surface area contributed by atoms with Crippen LogP contribution in [-0.2, 0) is 32.6 Å². The van der Waals surface area contributed by atoms with E-state index in [9.17, 15) is 18.0 Å². The lowest BCUT2D eigenvalue weighted by Crippen LogP contribution is -2.50. The van der Waals surface area contributed by atoms with Crippen LogP contribution in [0.25, 0.3) is 0 Å². The summed E-state index contributed by atoms with van der Waals surface area (Å²) in [7, 11) is -2.06. The Morgan fingerprint density at radius 1 is 0.975 bits per heavy atom. The van der Waals surface area contributed by atoms with Crippen LogP contribution in [0.2, 0.25) is 5.02 Å². The van der Waals surface area contributed by atoms with Gasteiger partial charge in [0, 0.05) is 37.5 Å². The Kier molecular flexibility index (Phi) is 11.4. The SMILES string of the molecule is CCNC(=O)[C@H](Cc1ccccc1)N(Cc1ccccc1Cl)C(=O)CCCN(c1ccc(OC)cc1)S(C)(=O)=O. The molecule has 0 unspecified atom stereocenters. The van der Waals surface area contributed by atoms with Crippen molar-refractivity contribution in [2.24, 2.45) is 0 Å². The van der Waals surface area contributed by atoms with Crippen molar-refractivity contribution in [3.05, 3.63) is 95.0 Å². The zero-order valence-electron chi connectivity index (χ0n) is 23.0. The average molecular weight is 586 g/mol. The molecule has 0 aliphatic rings. The van der Waals surface area contributed by atoms with E-state index >= 15 is 0 Å². The third kappa shape index (κ3) is 8.72. The predicted octanol–water partition coefficient (Wildman–Crippen LogP) is 4.67. The molecular formula is C30H36ClN3O5S. The van der Waals surface area contributed by atoms with E-state index in [0.29, 0.717) is 29.4 Å². The molecule has 1 atom stereocenters. The van der Waals surface area contributed by atoms with Crippen molar-refractivity contribution in [2.75, 3.05) is 30.8 Å². The molecule has 10 heteroatoms. The lowest BCUT2D eigenvalue weighted by molar-refractivity contribution is -0.141. The van der Waals surface area contributed by atoms with Crippen molar-refractivity contribution < 1.29 is 22.7 Å². The molecule has 0 bridgehead atoms. The molecule has 0 aliphatic carbocycles. The van der Waals surface area contributed by atoms with Crippen LogP contribution in [0, 0.1) is 0 Å². The van der Waals surface area contributed by atoms with E-state index < -0.39 is 16.1 Å². The van der Waals surface area contributed by atoms with Gasteiger partial charge in [0.15, 0.2) is 0 Å². The minimum atomic E-state index is -3.60. The number of rotatable bonds is 14. The molecule has 2 amide bonds. The quantitative estimate of drug-likeness (QED) is 0.297. The van der Waals surface area contributed by atoms with Gasteiger partial charge >= 0.3 is 0 Å². The van der Waals surface area contributed by atoms with Crippen LogP contribution in [0.15, 0.2) is 78.9 Å². The molecule has 0 heterocycles. The first-order valence-electron chi connectivity index (χ1n) is 13.1. The van der Waals surface area contributed by atoms with Crippen LogP contribution in [-0.4, -0.2) is 57.6 Å². The number of ether oxygens (including phenoxy) is 1. The molecule has 0 radical (unpaired) electrons. The molecule has 0 saturated heterocycles. The van der Waals surface area contributed by atoms with Crippen molar-refractivity contribution in [1.29, 1.82) is 0 Å². The first-order chi connectivity index (χ1) is 19.1. The summed E-state index contributed by atoms with van der Waals surface area (Å²) in [4.78, 5) is 28.6. The average Bonchev–Trinajstić information content (AvgIpc) is 2.94. The van der Waals surface area contributed by atoms with Crippen LogP contribution in [0.1, 0.15) is 30.9 Å². The fourth-order valence-electron chi connectivity index (χ4n) is 4.41. The zero-order chi connectivity index (χ0) is 29.1. The monoisotopic (exact) mass is 585 g/mol. The largest absolute Gasteiger partial charge is 0.497 e. The number of hydrogen-bond donors (Lipinski definition) is 1. The fourth-order valence-corrected chi connectivity index (χ4v) is 5.57. The highest BCUT2D eigenvalue weighted by Gasteiger charge is 2.30. The van der Waals surface area contributed by atoms with Crippen molar-refractivity contribution in [3.8, 4) is 5.75 Å². The number of sulfonamides is 1. The lowest BCUT2D eigenvalue weighted by atomic mass is 10.0. The zero-order valence-corrected chi connectivity index (χ0v) is 24.6.